The van der Waals surface area contributed by atoms with Gasteiger partial charge in [-0.1, -0.05) is 83.0 Å². The molecule has 0 aliphatic rings. The molecule has 0 saturated heterocycles. The summed E-state index contributed by atoms with van der Waals surface area (Å²) >= 11 is 0. The summed E-state index contributed by atoms with van der Waals surface area (Å²) in [6, 6.07) is 33.1. The van der Waals surface area contributed by atoms with Gasteiger partial charge in [-0.2, -0.15) is 11.2 Å². The van der Waals surface area contributed by atoms with Crippen molar-refractivity contribution < 1.29 is 25.8 Å². The quantitative estimate of drug-likeness (QED) is 0.129. The van der Waals surface area contributed by atoms with Gasteiger partial charge in [0.05, 0.1) is 11.4 Å². The first-order valence-electron chi connectivity index (χ1n) is 18.7. The molecule has 0 atom stereocenters. The Morgan fingerprint density at radius 3 is 2.13 bits per heavy atom. The van der Waals surface area contributed by atoms with Crippen LogP contribution in [0.25, 0.3) is 44.4 Å². The number of hydrogen-bond donors (Lipinski definition) is 0. The van der Waals surface area contributed by atoms with Gasteiger partial charge in [0.25, 0.3) is 0 Å². The first kappa shape index (κ1) is 38.3. The first-order chi connectivity index (χ1) is 24.9. The summed E-state index contributed by atoms with van der Waals surface area (Å²) in [4.78, 5) is 4.84. The molecule has 0 spiro atoms. The van der Waals surface area contributed by atoms with Crippen molar-refractivity contribution in [1.82, 2.24) is 19.3 Å². The van der Waals surface area contributed by atoms with Gasteiger partial charge in [-0.25, -0.2) is 4.98 Å². The molecule has 0 aliphatic carbocycles. The summed E-state index contributed by atoms with van der Waals surface area (Å²) in [5.74, 6) is 3.43. The van der Waals surface area contributed by atoms with Gasteiger partial charge >= 0.3 is 21.1 Å². The zero-order chi connectivity index (χ0) is 36.8. The molecule has 0 aliphatic heterocycles. The van der Waals surface area contributed by atoms with Crippen molar-refractivity contribution in [3.63, 3.8) is 0 Å². The van der Waals surface area contributed by atoms with Crippen LogP contribution in [0, 0.1) is 51.7 Å². The molecule has 5 nitrogen and oxygen atoms in total. The average Bonchev–Trinajstić information content (AvgIpc) is 3.57. The Bertz CT molecular complexity index is 2410. The molecule has 6 heteroatoms. The number of pyridine rings is 1. The largest absolute Gasteiger partial charge is 2.00 e. The predicted molar refractivity (Wildman–Crippen MR) is 215 cm³/mol. The molecule has 53 heavy (non-hydrogen) atoms. The van der Waals surface area contributed by atoms with Gasteiger partial charge in [-0.15, -0.1) is 41.3 Å². The molecule has 0 unspecified atom stereocenters. The Morgan fingerprint density at radius 2 is 1.43 bits per heavy atom. The molecule has 0 radical (unpaired) electrons. The minimum absolute atomic E-state index is 0. The molecule has 0 fully saturated rings. The normalized spacial score (nSPS) is 11.7. The number of aryl methyl sites for hydroxylation is 4. The maximum atomic E-state index is 6.71. The van der Waals surface area contributed by atoms with Crippen LogP contribution >= 0.6 is 0 Å². The molecule has 274 valence electrons. The maximum absolute atomic E-state index is 6.71. The summed E-state index contributed by atoms with van der Waals surface area (Å²) in [6.07, 6.45) is 3.80. The van der Waals surface area contributed by atoms with E-state index in [2.05, 4.69) is 157 Å². The smallest absolute Gasteiger partial charge is 0.509 e. The Morgan fingerprint density at radius 1 is 0.717 bits per heavy atom. The Balaban J connectivity index is 0.00000481. The van der Waals surface area contributed by atoms with Crippen LogP contribution in [0.1, 0.15) is 86.7 Å². The zero-order valence-corrected chi connectivity index (χ0v) is 34.9. The first-order valence-corrected chi connectivity index (χ1v) is 18.7. The number of fused-ring (bicyclic) bond motifs is 3. The van der Waals surface area contributed by atoms with Crippen LogP contribution in [0.15, 0.2) is 79.0 Å². The fourth-order valence-corrected chi connectivity index (χ4v) is 7.77. The number of aromatic nitrogens is 4. The topological polar surface area (TPSA) is 44.9 Å². The molecule has 0 amide bonds. The molecule has 7 rings (SSSR count). The van der Waals surface area contributed by atoms with Crippen molar-refractivity contribution in [1.29, 1.82) is 0 Å². The average molecular weight is 882 g/mol. The van der Waals surface area contributed by atoms with Crippen LogP contribution in [-0.2, 0) is 33.9 Å². The maximum Gasteiger partial charge on any atom is 2.00 e. The molecule has 3 heterocycles. The summed E-state index contributed by atoms with van der Waals surface area (Å²) in [7, 11) is 0. The number of para-hydroxylation sites is 1. The van der Waals surface area contributed by atoms with Gasteiger partial charge in [-0.3, -0.25) is 4.68 Å². The zero-order valence-electron chi connectivity index (χ0n) is 32.7. The van der Waals surface area contributed by atoms with E-state index in [1.165, 1.54) is 39.1 Å². The van der Waals surface area contributed by atoms with Crippen molar-refractivity contribution >= 4 is 21.8 Å². The van der Waals surface area contributed by atoms with E-state index in [1.807, 2.05) is 12.3 Å². The number of hydrogen-bond acceptors (Lipinski definition) is 3. The molecule has 0 N–H and O–H groups in total. The van der Waals surface area contributed by atoms with E-state index < -0.39 is 0 Å². The fourth-order valence-electron chi connectivity index (χ4n) is 7.77. The molecular weight excluding hydrogens is 832 g/mol. The van der Waals surface area contributed by atoms with Gasteiger partial charge in [0.15, 0.2) is 0 Å². The fraction of sp³-hybridized carbons (Fsp3) is 0.319. The standard InChI is InChI=1S/C47H50N4O.Pt/c1-28(2)19-35-17-18-48-45(23-35)50-42-14-12-11-13-40(42)41-16-15-38(27-43(41)50)52-39-25-36(30(5)6)24-37(26-39)51-44(20-29(3)4)47(34(10)49-51)46-32(8)21-31(7)22-33(46)9;/h11-18,21-25,28-30H,19-20H2,1-10H3;/q-2;+2. The van der Waals surface area contributed by atoms with Gasteiger partial charge < -0.3 is 9.30 Å². The second-order valence-electron chi connectivity index (χ2n) is 15.7. The van der Waals surface area contributed by atoms with E-state index in [-0.39, 0.29) is 27.0 Å². The minimum Gasteiger partial charge on any atom is -0.509 e. The van der Waals surface area contributed by atoms with Crippen LogP contribution in [0.5, 0.6) is 11.5 Å². The third-order valence-corrected chi connectivity index (χ3v) is 9.89. The van der Waals surface area contributed by atoms with Crippen molar-refractivity contribution in [3.05, 3.63) is 130 Å². The van der Waals surface area contributed by atoms with Crippen LogP contribution in [0.2, 0.25) is 0 Å². The van der Waals surface area contributed by atoms with Crippen LogP contribution in [0.4, 0.5) is 0 Å². The molecule has 7 aromatic rings. The van der Waals surface area contributed by atoms with Crippen molar-refractivity contribution in [2.45, 2.75) is 88.0 Å². The van der Waals surface area contributed by atoms with Crippen molar-refractivity contribution in [2.75, 3.05) is 0 Å². The van der Waals surface area contributed by atoms with E-state index in [1.54, 1.807) is 0 Å². The number of benzene rings is 4. The SMILES string of the molecule is Cc1cc(C)c(-c2c(C)nn(-c3[c-]c(Oc4[c-]c5c(cc4)c4ccccc4n5-c4cc(CC(C)C)ccn4)cc(C(C)C)c3)c2CC(C)C)c(C)c1.[Pt+2]. The summed E-state index contributed by atoms with van der Waals surface area (Å²) in [5, 5.41) is 7.48. The van der Waals surface area contributed by atoms with E-state index in [0.717, 1.165) is 57.4 Å². The summed E-state index contributed by atoms with van der Waals surface area (Å²) < 4.78 is 11.0. The summed E-state index contributed by atoms with van der Waals surface area (Å²) in [6.45, 7) is 22.2. The van der Waals surface area contributed by atoms with Crippen LogP contribution in [-0.4, -0.2) is 19.3 Å². The van der Waals surface area contributed by atoms with Crippen LogP contribution < -0.4 is 4.74 Å². The third-order valence-electron chi connectivity index (χ3n) is 9.89. The van der Waals surface area contributed by atoms with Gasteiger partial charge in [0.2, 0.25) is 0 Å². The molecule has 4 aromatic carbocycles. The van der Waals surface area contributed by atoms with Gasteiger partial charge in [-0.05, 0) is 110 Å². The van der Waals surface area contributed by atoms with Gasteiger partial charge in [0.1, 0.15) is 5.82 Å². The third kappa shape index (κ3) is 7.64. The monoisotopic (exact) mass is 881 g/mol. The second kappa shape index (κ2) is 15.5. The van der Waals surface area contributed by atoms with Gasteiger partial charge in [0, 0.05) is 28.8 Å². The van der Waals surface area contributed by atoms with E-state index in [4.69, 9.17) is 14.8 Å². The number of ether oxygens (including phenoxy) is 1. The molecular formula is C47H50N4OPt. The Hall–Kier alpha value is -4.47. The van der Waals surface area contributed by atoms with E-state index in [9.17, 15) is 0 Å². The van der Waals surface area contributed by atoms with Crippen molar-refractivity contribution in [3.8, 4) is 34.1 Å². The summed E-state index contributed by atoms with van der Waals surface area (Å²) in [5.41, 5.74) is 13.9. The second-order valence-corrected chi connectivity index (χ2v) is 15.7. The molecule has 0 saturated carbocycles. The van der Waals surface area contributed by atoms with Crippen molar-refractivity contribution in [2.24, 2.45) is 11.8 Å². The Labute approximate surface area is 329 Å². The minimum atomic E-state index is 0. The van der Waals surface area contributed by atoms with Crippen LogP contribution in [0.3, 0.4) is 0 Å². The van der Waals surface area contributed by atoms with E-state index >= 15 is 0 Å². The predicted octanol–water partition coefficient (Wildman–Crippen LogP) is 12.2. The molecule has 0 bridgehead atoms. The van der Waals surface area contributed by atoms with E-state index in [0.29, 0.717) is 23.3 Å². The number of nitrogens with zero attached hydrogens (tertiary/aromatic N) is 4. The number of rotatable bonds is 10. The molecule has 3 aromatic heterocycles. The Kier molecular flexibility index (Phi) is 11.2.